The van der Waals surface area contributed by atoms with Crippen LogP contribution in [-0.2, 0) is 0 Å². The van der Waals surface area contributed by atoms with Gasteiger partial charge in [-0.25, -0.2) is 14.8 Å². The molecule has 7 heteroatoms. The van der Waals surface area contributed by atoms with Crippen LogP contribution in [0, 0.1) is 13.8 Å². The van der Waals surface area contributed by atoms with Crippen molar-refractivity contribution in [1.29, 1.82) is 0 Å². The van der Waals surface area contributed by atoms with Gasteiger partial charge in [-0.3, -0.25) is 5.32 Å². The summed E-state index contributed by atoms with van der Waals surface area (Å²) in [4.78, 5) is 19.4. The Morgan fingerprint density at radius 2 is 2.00 bits per heavy atom. The number of rotatable bonds is 4. The van der Waals surface area contributed by atoms with E-state index >= 15 is 0 Å². The minimum absolute atomic E-state index is 0.0346. The third-order valence-electron chi connectivity index (χ3n) is 1.92. The minimum Gasteiger partial charge on any atom is -0.394 e. The molecule has 0 saturated heterocycles. The number of carbonyl (C=O) groups is 1. The number of aryl methyl sites for hydroxylation is 2. The van der Waals surface area contributed by atoms with Crippen LogP contribution in [0.3, 0.4) is 0 Å². The average molecular weight is 240 g/mol. The first kappa shape index (κ1) is 13.3. The van der Waals surface area contributed by atoms with Gasteiger partial charge in [0, 0.05) is 17.9 Å². The maximum Gasteiger partial charge on any atom is 0.321 e. The highest BCUT2D eigenvalue weighted by Gasteiger charge is 2.07. The molecule has 1 aromatic rings. The number of aliphatic hydroxyl groups excluding tert-OH is 2. The van der Waals surface area contributed by atoms with Crippen LogP contribution in [0.15, 0.2) is 6.07 Å². The van der Waals surface area contributed by atoms with Crippen molar-refractivity contribution in [2.24, 2.45) is 0 Å². The number of hydrogen-bond acceptors (Lipinski definition) is 5. The molecule has 0 spiro atoms. The van der Waals surface area contributed by atoms with E-state index < -0.39 is 18.7 Å². The second kappa shape index (κ2) is 6.12. The molecular weight excluding hydrogens is 224 g/mol. The van der Waals surface area contributed by atoms with E-state index in [2.05, 4.69) is 20.6 Å². The summed E-state index contributed by atoms with van der Waals surface area (Å²) in [5.41, 5.74) is 1.51. The Morgan fingerprint density at radius 3 is 2.53 bits per heavy atom. The van der Waals surface area contributed by atoms with Gasteiger partial charge in [0.05, 0.1) is 12.7 Å². The minimum atomic E-state index is -0.971. The van der Waals surface area contributed by atoms with Gasteiger partial charge in [-0.1, -0.05) is 0 Å². The molecule has 1 rings (SSSR count). The zero-order valence-corrected chi connectivity index (χ0v) is 9.77. The van der Waals surface area contributed by atoms with E-state index in [1.54, 1.807) is 19.9 Å². The standard InChI is InChI=1S/C10H16N4O3/c1-6-3-7(2)13-9(12-6)14-10(17)11-4-8(16)5-15/h3,8,15-16H,4-5H2,1-2H3,(H2,11,12,13,14,17)/t8-/m1/s1. The summed E-state index contributed by atoms with van der Waals surface area (Å²) in [5.74, 6) is 0.207. The first-order valence-corrected chi connectivity index (χ1v) is 5.17. The maximum absolute atomic E-state index is 11.4. The molecule has 1 heterocycles. The highest BCUT2D eigenvalue weighted by molar-refractivity contribution is 5.87. The van der Waals surface area contributed by atoms with E-state index in [0.29, 0.717) is 0 Å². The normalized spacial score (nSPS) is 12.0. The smallest absolute Gasteiger partial charge is 0.321 e. The Kier molecular flexibility index (Phi) is 4.80. The van der Waals surface area contributed by atoms with Gasteiger partial charge in [0.25, 0.3) is 0 Å². The van der Waals surface area contributed by atoms with Crippen molar-refractivity contribution in [3.8, 4) is 0 Å². The average Bonchev–Trinajstić information content (AvgIpc) is 2.24. The lowest BCUT2D eigenvalue weighted by atomic mass is 10.4. The number of amides is 2. The van der Waals surface area contributed by atoms with Crippen molar-refractivity contribution in [2.45, 2.75) is 20.0 Å². The van der Waals surface area contributed by atoms with Gasteiger partial charge in [-0.15, -0.1) is 0 Å². The molecule has 1 aromatic heterocycles. The highest BCUT2D eigenvalue weighted by atomic mass is 16.3. The summed E-state index contributed by atoms with van der Waals surface area (Å²) in [6.45, 7) is 3.16. The quantitative estimate of drug-likeness (QED) is 0.571. The molecule has 94 valence electrons. The van der Waals surface area contributed by atoms with Crippen molar-refractivity contribution >= 4 is 12.0 Å². The van der Waals surface area contributed by atoms with Crippen LogP contribution in [-0.4, -0.2) is 45.5 Å². The van der Waals surface area contributed by atoms with Crippen LogP contribution in [0.1, 0.15) is 11.4 Å². The monoisotopic (exact) mass is 240 g/mol. The zero-order chi connectivity index (χ0) is 12.8. The summed E-state index contributed by atoms with van der Waals surface area (Å²) in [6, 6.07) is 1.26. The largest absolute Gasteiger partial charge is 0.394 e. The third-order valence-corrected chi connectivity index (χ3v) is 1.92. The molecule has 17 heavy (non-hydrogen) atoms. The fourth-order valence-corrected chi connectivity index (χ4v) is 1.20. The van der Waals surface area contributed by atoms with E-state index in [4.69, 9.17) is 10.2 Å². The summed E-state index contributed by atoms with van der Waals surface area (Å²) < 4.78 is 0. The lowest BCUT2D eigenvalue weighted by molar-refractivity contribution is 0.0965. The molecule has 7 nitrogen and oxygen atoms in total. The van der Waals surface area contributed by atoms with Crippen molar-refractivity contribution in [3.05, 3.63) is 17.5 Å². The van der Waals surface area contributed by atoms with Crippen LogP contribution >= 0.6 is 0 Å². The number of aliphatic hydroxyl groups is 2. The summed E-state index contributed by atoms with van der Waals surface area (Å²) in [7, 11) is 0. The number of carbonyl (C=O) groups excluding carboxylic acids is 1. The summed E-state index contributed by atoms with van der Waals surface area (Å²) in [5, 5.41) is 22.4. The van der Waals surface area contributed by atoms with E-state index in [1.165, 1.54) is 0 Å². The van der Waals surface area contributed by atoms with E-state index in [0.717, 1.165) is 11.4 Å². The molecular formula is C10H16N4O3. The molecule has 0 saturated carbocycles. The van der Waals surface area contributed by atoms with Crippen LogP contribution in [0.5, 0.6) is 0 Å². The summed E-state index contributed by atoms with van der Waals surface area (Å²) in [6.07, 6.45) is -0.971. The zero-order valence-electron chi connectivity index (χ0n) is 9.77. The fraction of sp³-hybridized carbons (Fsp3) is 0.500. The van der Waals surface area contributed by atoms with Crippen molar-refractivity contribution in [2.75, 3.05) is 18.5 Å². The van der Waals surface area contributed by atoms with Gasteiger partial charge >= 0.3 is 6.03 Å². The van der Waals surface area contributed by atoms with Crippen LogP contribution < -0.4 is 10.6 Å². The molecule has 0 aliphatic rings. The van der Waals surface area contributed by atoms with Gasteiger partial charge in [0.2, 0.25) is 5.95 Å². The lowest BCUT2D eigenvalue weighted by Crippen LogP contribution is -2.37. The number of hydrogen-bond donors (Lipinski definition) is 4. The van der Waals surface area contributed by atoms with E-state index in [9.17, 15) is 4.79 Å². The lowest BCUT2D eigenvalue weighted by Gasteiger charge is -2.09. The van der Waals surface area contributed by atoms with Gasteiger partial charge in [-0.05, 0) is 19.9 Å². The first-order chi connectivity index (χ1) is 8.01. The molecule has 0 unspecified atom stereocenters. The van der Waals surface area contributed by atoms with Gasteiger partial charge in [-0.2, -0.15) is 0 Å². The van der Waals surface area contributed by atoms with Gasteiger partial charge < -0.3 is 15.5 Å². The predicted molar refractivity (Wildman–Crippen MR) is 61.6 cm³/mol. The molecule has 0 radical (unpaired) electrons. The number of aromatic nitrogens is 2. The topological polar surface area (TPSA) is 107 Å². The predicted octanol–water partition coefficient (Wildman–Crippen LogP) is -0.432. The van der Waals surface area contributed by atoms with E-state index in [1.807, 2.05) is 0 Å². The highest BCUT2D eigenvalue weighted by Crippen LogP contribution is 2.03. The molecule has 0 fully saturated rings. The van der Waals surface area contributed by atoms with Crippen LogP contribution in [0.25, 0.3) is 0 Å². The number of anilines is 1. The van der Waals surface area contributed by atoms with Gasteiger partial charge in [0.15, 0.2) is 0 Å². The number of nitrogens with zero attached hydrogens (tertiary/aromatic N) is 2. The molecule has 0 aromatic carbocycles. The molecule has 2 amide bonds. The fourth-order valence-electron chi connectivity index (χ4n) is 1.20. The molecule has 1 atom stereocenters. The van der Waals surface area contributed by atoms with Crippen molar-refractivity contribution < 1.29 is 15.0 Å². The van der Waals surface area contributed by atoms with Gasteiger partial charge in [0.1, 0.15) is 0 Å². The Balaban J connectivity index is 2.50. The Morgan fingerprint density at radius 1 is 1.41 bits per heavy atom. The Bertz CT molecular complexity index is 377. The van der Waals surface area contributed by atoms with Crippen molar-refractivity contribution in [3.63, 3.8) is 0 Å². The molecule has 0 aliphatic heterocycles. The number of urea groups is 1. The molecule has 0 bridgehead atoms. The van der Waals surface area contributed by atoms with Crippen LogP contribution in [0.2, 0.25) is 0 Å². The first-order valence-electron chi connectivity index (χ1n) is 5.17. The molecule has 4 N–H and O–H groups in total. The number of nitrogens with one attached hydrogen (secondary N) is 2. The van der Waals surface area contributed by atoms with Crippen molar-refractivity contribution in [1.82, 2.24) is 15.3 Å². The van der Waals surface area contributed by atoms with Crippen LogP contribution in [0.4, 0.5) is 10.7 Å². The Hall–Kier alpha value is -1.73. The Labute approximate surface area is 98.9 Å². The van der Waals surface area contributed by atoms with E-state index in [-0.39, 0.29) is 12.5 Å². The molecule has 0 aliphatic carbocycles. The second-order valence-corrected chi connectivity index (χ2v) is 3.65. The SMILES string of the molecule is Cc1cc(C)nc(NC(=O)NC[C@@H](O)CO)n1. The third kappa shape index (κ3) is 4.75. The summed E-state index contributed by atoms with van der Waals surface area (Å²) >= 11 is 0. The second-order valence-electron chi connectivity index (χ2n) is 3.65. The maximum atomic E-state index is 11.4.